The minimum absolute atomic E-state index is 0.0336. The second-order valence-corrected chi connectivity index (χ2v) is 6.10. The van der Waals surface area contributed by atoms with Crippen molar-refractivity contribution in [3.8, 4) is 11.4 Å². The van der Waals surface area contributed by atoms with E-state index < -0.39 is 11.5 Å². The zero-order valence-electron chi connectivity index (χ0n) is 13.4. The summed E-state index contributed by atoms with van der Waals surface area (Å²) in [5, 5.41) is 13.1. The molecule has 7 nitrogen and oxygen atoms in total. The Labute approximate surface area is 138 Å². The average Bonchev–Trinajstić information content (AvgIpc) is 2.54. The monoisotopic (exact) mass is 323 g/mol. The van der Waals surface area contributed by atoms with Gasteiger partial charge in [0.25, 0.3) is 0 Å². The van der Waals surface area contributed by atoms with Gasteiger partial charge in [-0.2, -0.15) is 0 Å². The molecule has 3 heterocycles. The molecule has 0 atom stereocenters. The van der Waals surface area contributed by atoms with Crippen LogP contribution in [-0.2, 0) is 4.79 Å². The maximum atomic E-state index is 11.1. The van der Waals surface area contributed by atoms with Crippen LogP contribution in [0.15, 0.2) is 43.0 Å². The Balaban J connectivity index is 2.10. The Morgan fingerprint density at radius 2 is 1.83 bits per heavy atom. The lowest BCUT2D eigenvalue weighted by molar-refractivity contribution is -0.137. The maximum Gasteiger partial charge on any atom is 0.305 e. The summed E-state index contributed by atoms with van der Waals surface area (Å²) in [7, 11) is 0. The Kier molecular flexibility index (Phi) is 4.07. The summed E-state index contributed by atoms with van der Waals surface area (Å²) >= 11 is 0. The average molecular weight is 323 g/mol. The van der Waals surface area contributed by atoms with Crippen molar-refractivity contribution in [2.45, 2.75) is 25.8 Å². The van der Waals surface area contributed by atoms with Gasteiger partial charge in [0, 0.05) is 35.1 Å². The van der Waals surface area contributed by atoms with Crippen molar-refractivity contribution >= 4 is 22.7 Å². The Bertz CT molecular complexity index is 881. The summed E-state index contributed by atoms with van der Waals surface area (Å²) < 4.78 is 0. The summed E-state index contributed by atoms with van der Waals surface area (Å²) in [4.78, 5) is 28.3. The third kappa shape index (κ3) is 3.45. The summed E-state index contributed by atoms with van der Waals surface area (Å²) in [6, 6.07) is 5.46. The number of carbonyl (C=O) groups is 1. The first-order chi connectivity index (χ1) is 11.4. The predicted octanol–water partition coefficient (Wildman–Crippen LogP) is 2.75. The molecule has 0 spiro atoms. The van der Waals surface area contributed by atoms with Crippen molar-refractivity contribution in [2.75, 3.05) is 5.32 Å². The number of nitrogens with one attached hydrogen (secondary N) is 1. The highest BCUT2D eigenvalue weighted by Crippen LogP contribution is 2.27. The number of pyridine rings is 2. The molecule has 0 bridgehead atoms. The molecule has 2 N–H and O–H groups in total. The molecule has 7 heteroatoms. The second kappa shape index (κ2) is 6.19. The van der Waals surface area contributed by atoms with Gasteiger partial charge in [-0.05, 0) is 32.0 Å². The molecule has 0 saturated carbocycles. The fraction of sp³-hybridized carbons (Fsp3) is 0.235. The summed E-state index contributed by atoms with van der Waals surface area (Å²) in [6.07, 6.45) is 6.64. The Morgan fingerprint density at radius 3 is 2.54 bits per heavy atom. The largest absolute Gasteiger partial charge is 0.481 e. The molecule has 0 amide bonds. The number of carboxylic acids is 1. The molecule has 0 saturated heterocycles. The van der Waals surface area contributed by atoms with Crippen LogP contribution in [0.25, 0.3) is 22.3 Å². The van der Waals surface area contributed by atoms with E-state index in [2.05, 4.69) is 25.3 Å². The van der Waals surface area contributed by atoms with Crippen LogP contribution in [0.5, 0.6) is 0 Å². The van der Waals surface area contributed by atoms with E-state index in [0.29, 0.717) is 17.2 Å². The molecule has 122 valence electrons. The third-order valence-electron chi connectivity index (χ3n) is 3.49. The number of aliphatic carboxylic acids is 1. The molecule has 0 aliphatic rings. The lowest BCUT2D eigenvalue weighted by Gasteiger charge is -2.25. The van der Waals surface area contributed by atoms with Gasteiger partial charge in [0.1, 0.15) is 5.82 Å². The summed E-state index contributed by atoms with van der Waals surface area (Å²) in [6.45, 7) is 3.64. The molecule has 3 aromatic heterocycles. The molecule has 24 heavy (non-hydrogen) atoms. The first-order valence-electron chi connectivity index (χ1n) is 7.47. The van der Waals surface area contributed by atoms with Crippen molar-refractivity contribution in [3.05, 3.63) is 43.0 Å². The topological polar surface area (TPSA) is 101 Å². The van der Waals surface area contributed by atoms with E-state index in [0.717, 1.165) is 10.9 Å². The van der Waals surface area contributed by atoms with E-state index in [1.807, 2.05) is 32.0 Å². The molecule has 3 aromatic rings. The standard InChI is InChI=1S/C17H17N5O2/c1-17(2,9-14(23)24)22-16-12-5-8-19-10-13(12)20-15(21-16)11-3-6-18-7-4-11/h3-8,10H,9H2,1-2H3,(H,23,24)(H,20,21,22). The second-order valence-electron chi connectivity index (χ2n) is 6.10. The zero-order valence-corrected chi connectivity index (χ0v) is 13.4. The van der Waals surface area contributed by atoms with Crippen molar-refractivity contribution in [2.24, 2.45) is 0 Å². The van der Waals surface area contributed by atoms with Gasteiger partial charge >= 0.3 is 5.97 Å². The number of hydrogen-bond acceptors (Lipinski definition) is 6. The fourth-order valence-corrected chi connectivity index (χ4v) is 2.45. The molecule has 0 fully saturated rings. The molecular formula is C17H17N5O2. The third-order valence-corrected chi connectivity index (χ3v) is 3.49. The Morgan fingerprint density at radius 1 is 1.12 bits per heavy atom. The number of hydrogen-bond donors (Lipinski definition) is 2. The van der Waals surface area contributed by atoms with E-state index in [9.17, 15) is 4.79 Å². The number of anilines is 1. The van der Waals surface area contributed by atoms with Gasteiger partial charge in [0.05, 0.1) is 18.1 Å². The van der Waals surface area contributed by atoms with Crippen molar-refractivity contribution in [3.63, 3.8) is 0 Å². The number of aromatic nitrogens is 4. The van der Waals surface area contributed by atoms with Crippen LogP contribution in [0.3, 0.4) is 0 Å². The highest BCUT2D eigenvalue weighted by molar-refractivity contribution is 5.90. The van der Waals surface area contributed by atoms with E-state index in [1.54, 1.807) is 24.8 Å². The van der Waals surface area contributed by atoms with Gasteiger partial charge in [-0.1, -0.05) is 0 Å². The van der Waals surface area contributed by atoms with E-state index in [4.69, 9.17) is 5.11 Å². The minimum atomic E-state index is -0.873. The fourth-order valence-electron chi connectivity index (χ4n) is 2.45. The lowest BCUT2D eigenvalue weighted by atomic mass is 10.0. The smallest absolute Gasteiger partial charge is 0.305 e. The number of rotatable bonds is 5. The van der Waals surface area contributed by atoms with Crippen LogP contribution in [0, 0.1) is 0 Å². The van der Waals surface area contributed by atoms with E-state index in [-0.39, 0.29) is 6.42 Å². The van der Waals surface area contributed by atoms with Gasteiger partial charge < -0.3 is 10.4 Å². The number of carboxylic acid groups (broad SMARTS) is 1. The SMILES string of the molecule is CC(C)(CC(=O)O)Nc1nc(-c2ccncc2)nc2cnccc12. The maximum absolute atomic E-state index is 11.1. The number of fused-ring (bicyclic) bond motifs is 1. The molecule has 0 aliphatic heterocycles. The molecule has 0 radical (unpaired) electrons. The van der Waals surface area contributed by atoms with Crippen molar-refractivity contribution in [1.82, 2.24) is 19.9 Å². The van der Waals surface area contributed by atoms with Gasteiger partial charge in [0.2, 0.25) is 0 Å². The molecule has 3 rings (SSSR count). The van der Waals surface area contributed by atoms with Gasteiger partial charge in [-0.3, -0.25) is 14.8 Å². The van der Waals surface area contributed by atoms with Crippen molar-refractivity contribution < 1.29 is 9.90 Å². The van der Waals surface area contributed by atoms with Crippen LogP contribution >= 0.6 is 0 Å². The molecule has 0 aliphatic carbocycles. The highest BCUT2D eigenvalue weighted by atomic mass is 16.4. The quantitative estimate of drug-likeness (QED) is 0.744. The van der Waals surface area contributed by atoms with E-state index >= 15 is 0 Å². The predicted molar refractivity (Wildman–Crippen MR) is 90.5 cm³/mol. The van der Waals surface area contributed by atoms with E-state index in [1.165, 1.54) is 0 Å². The van der Waals surface area contributed by atoms with Gasteiger partial charge in [-0.25, -0.2) is 9.97 Å². The summed E-state index contributed by atoms with van der Waals surface area (Å²) in [5.74, 6) is 0.244. The first-order valence-corrected chi connectivity index (χ1v) is 7.47. The molecule has 0 aromatic carbocycles. The van der Waals surface area contributed by atoms with Crippen molar-refractivity contribution in [1.29, 1.82) is 0 Å². The lowest BCUT2D eigenvalue weighted by Crippen LogP contribution is -2.34. The van der Waals surface area contributed by atoms with Gasteiger partial charge in [-0.15, -0.1) is 0 Å². The van der Waals surface area contributed by atoms with Crippen LogP contribution in [0.2, 0.25) is 0 Å². The first kappa shape index (κ1) is 15.8. The van der Waals surface area contributed by atoms with Crippen LogP contribution < -0.4 is 5.32 Å². The van der Waals surface area contributed by atoms with Crippen LogP contribution in [-0.4, -0.2) is 36.6 Å². The Hall–Kier alpha value is -3.09. The zero-order chi connectivity index (χ0) is 17.2. The normalized spacial score (nSPS) is 11.4. The van der Waals surface area contributed by atoms with Gasteiger partial charge in [0.15, 0.2) is 5.82 Å². The minimum Gasteiger partial charge on any atom is -0.481 e. The molecule has 0 unspecified atom stereocenters. The highest BCUT2D eigenvalue weighted by Gasteiger charge is 2.23. The number of nitrogens with zero attached hydrogens (tertiary/aromatic N) is 4. The van der Waals surface area contributed by atoms with Crippen LogP contribution in [0.1, 0.15) is 20.3 Å². The summed E-state index contributed by atoms with van der Waals surface area (Å²) in [5.41, 5.74) is 0.856. The van der Waals surface area contributed by atoms with Crippen LogP contribution in [0.4, 0.5) is 5.82 Å². The molecular weight excluding hydrogens is 306 g/mol.